The van der Waals surface area contributed by atoms with Gasteiger partial charge in [-0.2, -0.15) is 0 Å². The minimum atomic E-state index is -0.285. The number of hydrogen-bond acceptors (Lipinski definition) is 1. The molecule has 0 saturated heterocycles. The zero-order valence-corrected chi connectivity index (χ0v) is 6.71. The van der Waals surface area contributed by atoms with Crippen LogP contribution in [0.2, 0.25) is 5.02 Å². The smallest absolute Gasteiger partial charge is 0.127 e. The molecule has 0 bridgehead atoms. The number of benzene rings is 1. The largest absolute Gasteiger partial charge is 0.303 e. The molecule has 0 amide bonds. The highest BCUT2D eigenvalue weighted by atomic mass is 35.5. The molecule has 0 aromatic heterocycles. The molecule has 1 aromatic rings. The van der Waals surface area contributed by atoms with Crippen molar-refractivity contribution in [3.8, 4) is 0 Å². The highest BCUT2D eigenvalue weighted by Gasteiger charge is 2.01. The molecule has 0 aliphatic rings. The second kappa shape index (κ2) is 3.54. The van der Waals surface area contributed by atoms with Gasteiger partial charge in [-0.1, -0.05) is 23.7 Å². The van der Waals surface area contributed by atoms with Gasteiger partial charge in [-0.15, -0.1) is 0 Å². The molecule has 0 aliphatic carbocycles. The quantitative estimate of drug-likeness (QED) is 0.619. The molecule has 2 heteroatoms. The van der Waals surface area contributed by atoms with E-state index >= 15 is 0 Å². The van der Waals surface area contributed by atoms with Crippen LogP contribution in [0.1, 0.15) is 11.5 Å². The number of hydrogen-bond donors (Lipinski definition) is 0. The number of carbonyl (C=O) groups is 1. The van der Waals surface area contributed by atoms with Crippen molar-refractivity contribution in [3.05, 3.63) is 41.8 Å². The van der Waals surface area contributed by atoms with Gasteiger partial charge in [-0.3, -0.25) is 0 Å². The van der Waals surface area contributed by atoms with Crippen molar-refractivity contribution < 1.29 is 4.79 Å². The number of halogens is 1. The van der Waals surface area contributed by atoms with Crippen LogP contribution >= 0.6 is 11.6 Å². The second-order valence-electron chi connectivity index (χ2n) is 2.29. The minimum absolute atomic E-state index is 0.285. The van der Waals surface area contributed by atoms with Gasteiger partial charge in [0.1, 0.15) is 6.29 Å². The van der Waals surface area contributed by atoms with Crippen LogP contribution in [0.25, 0.3) is 0 Å². The molecule has 1 atom stereocenters. The van der Waals surface area contributed by atoms with E-state index in [2.05, 4.69) is 6.92 Å². The molecule has 1 aromatic carbocycles. The Labute approximate surface area is 71.0 Å². The zero-order chi connectivity index (χ0) is 8.27. The Kier molecular flexibility index (Phi) is 2.66. The van der Waals surface area contributed by atoms with Crippen LogP contribution in [0.15, 0.2) is 24.3 Å². The van der Waals surface area contributed by atoms with Gasteiger partial charge in [0.25, 0.3) is 0 Å². The fraction of sp³-hybridized carbons (Fsp3) is 0.111. The summed E-state index contributed by atoms with van der Waals surface area (Å²) in [6, 6.07) is 7.10. The Morgan fingerprint density at radius 1 is 1.36 bits per heavy atom. The lowest BCUT2D eigenvalue weighted by Gasteiger charge is -2.01. The molecule has 0 aliphatic heterocycles. The molecule has 57 valence electrons. The van der Waals surface area contributed by atoms with Crippen LogP contribution in [-0.2, 0) is 4.79 Å². The van der Waals surface area contributed by atoms with E-state index in [-0.39, 0.29) is 5.92 Å². The van der Waals surface area contributed by atoms with Crippen molar-refractivity contribution in [2.24, 2.45) is 0 Å². The summed E-state index contributed by atoms with van der Waals surface area (Å²) in [4.78, 5) is 10.3. The third kappa shape index (κ3) is 2.05. The standard InChI is InChI=1S/C9H8ClO/c1-7(6-11)8-2-4-9(10)5-3-8/h2-7H,1H2. The summed E-state index contributed by atoms with van der Waals surface area (Å²) in [7, 11) is 0. The molecule has 0 heterocycles. The van der Waals surface area contributed by atoms with Crippen LogP contribution in [0, 0.1) is 6.92 Å². The molecule has 0 N–H and O–H groups in total. The third-order valence-electron chi connectivity index (χ3n) is 1.46. The predicted octanol–water partition coefficient (Wildman–Crippen LogP) is 2.46. The molecule has 1 unspecified atom stereocenters. The maximum Gasteiger partial charge on any atom is 0.127 e. The summed E-state index contributed by atoms with van der Waals surface area (Å²) >= 11 is 5.65. The third-order valence-corrected chi connectivity index (χ3v) is 1.71. The zero-order valence-electron chi connectivity index (χ0n) is 5.96. The Morgan fingerprint density at radius 2 is 1.91 bits per heavy atom. The van der Waals surface area contributed by atoms with Gasteiger partial charge in [0.05, 0.1) is 0 Å². The summed E-state index contributed by atoms with van der Waals surface area (Å²) in [6.45, 7) is 3.65. The fourth-order valence-corrected chi connectivity index (χ4v) is 0.915. The number of carbonyl (C=O) groups excluding carboxylic acids is 1. The normalized spacial score (nSPS) is 12.5. The first-order chi connectivity index (χ1) is 5.24. The van der Waals surface area contributed by atoms with E-state index in [0.717, 1.165) is 11.8 Å². The highest BCUT2D eigenvalue weighted by Crippen LogP contribution is 2.15. The van der Waals surface area contributed by atoms with E-state index in [1.165, 1.54) is 0 Å². The summed E-state index contributed by atoms with van der Waals surface area (Å²) < 4.78 is 0. The molecule has 0 saturated carbocycles. The topological polar surface area (TPSA) is 17.1 Å². The van der Waals surface area contributed by atoms with Gasteiger partial charge < -0.3 is 4.79 Å². The van der Waals surface area contributed by atoms with Crippen LogP contribution in [0.4, 0.5) is 0 Å². The predicted molar refractivity (Wildman–Crippen MR) is 45.6 cm³/mol. The maximum atomic E-state index is 10.3. The van der Waals surface area contributed by atoms with Gasteiger partial charge in [0.15, 0.2) is 0 Å². The van der Waals surface area contributed by atoms with Gasteiger partial charge in [0, 0.05) is 10.9 Å². The van der Waals surface area contributed by atoms with Crippen molar-refractivity contribution in [1.82, 2.24) is 0 Å². The van der Waals surface area contributed by atoms with E-state index < -0.39 is 0 Å². The average molecular weight is 168 g/mol. The molecule has 1 rings (SSSR count). The van der Waals surface area contributed by atoms with Gasteiger partial charge in [-0.05, 0) is 24.6 Å². The van der Waals surface area contributed by atoms with Gasteiger partial charge in [-0.25, -0.2) is 0 Å². The minimum Gasteiger partial charge on any atom is -0.303 e. The van der Waals surface area contributed by atoms with Crippen LogP contribution in [0.3, 0.4) is 0 Å². The number of rotatable bonds is 2. The van der Waals surface area contributed by atoms with Gasteiger partial charge in [0.2, 0.25) is 0 Å². The highest BCUT2D eigenvalue weighted by molar-refractivity contribution is 6.30. The molecule has 1 nitrogen and oxygen atoms in total. The maximum absolute atomic E-state index is 10.3. The summed E-state index contributed by atoms with van der Waals surface area (Å²) in [5.41, 5.74) is 0.893. The van der Waals surface area contributed by atoms with Crippen LogP contribution < -0.4 is 0 Å². The monoisotopic (exact) mass is 167 g/mol. The molecule has 11 heavy (non-hydrogen) atoms. The van der Waals surface area contributed by atoms with Crippen LogP contribution in [-0.4, -0.2) is 6.29 Å². The van der Waals surface area contributed by atoms with Crippen molar-refractivity contribution in [3.63, 3.8) is 0 Å². The summed E-state index contributed by atoms with van der Waals surface area (Å²) in [6.07, 6.45) is 0.809. The van der Waals surface area contributed by atoms with E-state index in [4.69, 9.17) is 11.6 Å². The van der Waals surface area contributed by atoms with Crippen molar-refractivity contribution in [2.75, 3.05) is 0 Å². The Hall–Kier alpha value is -0.820. The van der Waals surface area contributed by atoms with E-state index in [0.29, 0.717) is 5.02 Å². The van der Waals surface area contributed by atoms with Crippen molar-refractivity contribution >= 4 is 17.9 Å². The molecular weight excluding hydrogens is 160 g/mol. The first-order valence-corrected chi connectivity index (χ1v) is 3.65. The van der Waals surface area contributed by atoms with E-state index in [1.54, 1.807) is 24.3 Å². The number of aldehydes is 1. The Morgan fingerprint density at radius 3 is 2.36 bits per heavy atom. The van der Waals surface area contributed by atoms with E-state index in [1.807, 2.05) is 0 Å². The summed E-state index contributed by atoms with van der Waals surface area (Å²) in [5.74, 6) is -0.285. The van der Waals surface area contributed by atoms with Gasteiger partial charge >= 0.3 is 0 Å². The SMILES string of the molecule is [CH2]C(C=O)c1ccc(Cl)cc1. The van der Waals surface area contributed by atoms with Crippen molar-refractivity contribution in [1.29, 1.82) is 0 Å². The molecular formula is C9H8ClO. The Balaban J connectivity index is 2.89. The molecule has 1 radical (unpaired) electrons. The lowest BCUT2D eigenvalue weighted by atomic mass is 10.0. The average Bonchev–Trinajstić information content (AvgIpc) is 2.05. The second-order valence-corrected chi connectivity index (χ2v) is 2.73. The lowest BCUT2D eigenvalue weighted by molar-refractivity contribution is -0.108. The molecule has 0 spiro atoms. The first-order valence-electron chi connectivity index (χ1n) is 3.28. The summed E-state index contributed by atoms with van der Waals surface area (Å²) in [5, 5.41) is 0.673. The van der Waals surface area contributed by atoms with Crippen molar-refractivity contribution in [2.45, 2.75) is 5.92 Å². The first kappa shape index (κ1) is 8.28. The van der Waals surface area contributed by atoms with Crippen LogP contribution in [0.5, 0.6) is 0 Å². The lowest BCUT2D eigenvalue weighted by Crippen LogP contribution is -1.93. The van der Waals surface area contributed by atoms with E-state index in [9.17, 15) is 4.79 Å². The molecule has 0 fully saturated rings. The fourth-order valence-electron chi connectivity index (χ4n) is 0.789. The Bertz CT molecular complexity index is 240.